The minimum atomic E-state index is 0.316. The van der Waals surface area contributed by atoms with E-state index in [9.17, 15) is 5.11 Å². The van der Waals surface area contributed by atoms with Crippen LogP contribution >= 0.6 is 0 Å². The molecular weight excluding hydrogens is 288 g/mol. The second-order valence-corrected chi connectivity index (χ2v) is 5.58. The monoisotopic (exact) mass is 314 g/mol. The highest BCUT2D eigenvalue weighted by atomic mass is 16.5. The molecule has 4 N–H and O–H groups in total. The molecule has 0 atom stereocenters. The number of nitrogen functional groups attached to an aromatic ring is 1. The normalized spacial score (nSPS) is 10.7. The molecule has 4 heteroatoms. The van der Waals surface area contributed by atoms with Crippen molar-refractivity contribution in [1.29, 1.82) is 0 Å². The van der Waals surface area contributed by atoms with Crippen LogP contribution in [0.4, 0.5) is 5.69 Å². The molecule has 124 valence electrons. The lowest BCUT2D eigenvalue weighted by Crippen LogP contribution is -2.19. The zero-order valence-electron chi connectivity index (χ0n) is 13.7. The number of hydrogen-bond donors (Lipinski definition) is 3. The largest absolute Gasteiger partial charge is 0.508 e. The standard InChI is InChI=1S/C19H26N2O2/c1-2-23-19-10-7-16(14-18(19)20)4-3-12-21-13-11-15-5-8-17(22)9-6-15/h5-10,14,21-22H,2-4,11-13,20H2,1H3. The van der Waals surface area contributed by atoms with Gasteiger partial charge in [-0.3, -0.25) is 0 Å². The predicted octanol–water partition coefficient (Wildman–Crippen LogP) is 3.14. The summed E-state index contributed by atoms with van der Waals surface area (Å²) >= 11 is 0. The first-order valence-electron chi connectivity index (χ1n) is 8.19. The van der Waals surface area contributed by atoms with Crippen LogP contribution < -0.4 is 15.8 Å². The summed E-state index contributed by atoms with van der Waals surface area (Å²) < 4.78 is 5.45. The summed E-state index contributed by atoms with van der Waals surface area (Å²) in [5.74, 6) is 1.08. The third kappa shape index (κ3) is 5.83. The molecule has 0 bridgehead atoms. The van der Waals surface area contributed by atoms with E-state index in [0.717, 1.165) is 38.1 Å². The van der Waals surface area contributed by atoms with Crippen LogP contribution in [-0.4, -0.2) is 24.8 Å². The molecule has 0 aliphatic heterocycles. The van der Waals surface area contributed by atoms with E-state index in [0.29, 0.717) is 18.0 Å². The molecule has 0 fully saturated rings. The van der Waals surface area contributed by atoms with E-state index in [1.54, 1.807) is 12.1 Å². The third-order valence-corrected chi connectivity index (χ3v) is 3.72. The van der Waals surface area contributed by atoms with E-state index < -0.39 is 0 Å². The Morgan fingerprint density at radius 3 is 2.43 bits per heavy atom. The lowest BCUT2D eigenvalue weighted by atomic mass is 10.1. The number of rotatable bonds is 9. The molecule has 0 radical (unpaired) electrons. The van der Waals surface area contributed by atoms with Gasteiger partial charge < -0.3 is 20.9 Å². The minimum absolute atomic E-state index is 0.316. The van der Waals surface area contributed by atoms with Gasteiger partial charge in [-0.2, -0.15) is 0 Å². The first-order chi connectivity index (χ1) is 11.2. The molecular formula is C19H26N2O2. The lowest BCUT2D eigenvalue weighted by Gasteiger charge is -2.09. The number of aromatic hydroxyl groups is 1. The number of phenols is 1. The van der Waals surface area contributed by atoms with Gasteiger partial charge in [0.25, 0.3) is 0 Å². The first kappa shape index (κ1) is 17.2. The van der Waals surface area contributed by atoms with E-state index >= 15 is 0 Å². The van der Waals surface area contributed by atoms with E-state index in [1.165, 1.54) is 11.1 Å². The molecule has 0 saturated carbocycles. The van der Waals surface area contributed by atoms with Gasteiger partial charge in [0.2, 0.25) is 0 Å². The van der Waals surface area contributed by atoms with Crippen LogP contribution in [0.5, 0.6) is 11.5 Å². The van der Waals surface area contributed by atoms with Gasteiger partial charge in [-0.15, -0.1) is 0 Å². The fraction of sp³-hybridized carbons (Fsp3) is 0.368. The Morgan fingerprint density at radius 1 is 1.00 bits per heavy atom. The topological polar surface area (TPSA) is 67.5 Å². The van der Waals surface area contributed by atoms with Gasteiger partial charge in [0.05, 0.1) is 12.3 Å². The molecule has 0 aliphatic carbocycles. The predicted molar refractivity (Wildman–Crippen MR) is 95.0 cm³/mol. The van der Waals surface area contributed by atoms with Crippen LogP contribution in [0, 0.1) is 0 Å². The molecule has 4 nitrogen and oxygen atoms in total. The van der Waals surface area contributed by atoms with Crippen molar-refractivity contribution in [1.82, 2.24) is 5.32 Å². The van der Waals surface area contributed by atoms with E-state index in [1.807, 2.05) is 31.2 Å². The second-order valence-electron chi connectivity index (χ2n) is 5.58. The van der Waals surface area contributed by atoms with Crippen molar-refractivity contribution < 1.29 is 9.84 Å². The van der Waals surface area contributed by atoms with Crippen molar-refractivity contribution >= 4 is 5.69 Å². The van der Waals surface area contributed by atoms with Crippen molar-refractivity contribution in [3.8, 4) is 11.5 Å². The molecule has 2 rings (SSSR count). The van der Waals surface area contributed by atoms with Crippen LogP contribution in [0.3, 0.4) is 0 Å². The molecule has 23 heavy (non-hydrogen) atoms. The number of phenolic OH excluding ortho intramolecular Hbond substituents is 1. The third-order valence-electron chi connectivity index (χ3n) is 3.72. The maximum Gasteiger partial charge on any atom is 0.142 e. The van der Waals surface area contributed by atoms with E-state index in [2.05, 4.69) is 11.4 Å². The van der Waals surface area contributed by atoms with E-state index in [-0.39, 0.29) is 0 Å². The number of nitrogens with one attached hydrogen (secondary N) is 1. The van der Waals surface area contributed by atoms with Gasteiger partial charge in [0.15, 0.2) is 0 Å². The number of nitrogens with two attached hydrogens (primary N) is 1. The molecule has 0 saturated heterocycles. The molecule has 0 aliphatic rings. The number of anilines is 1. The van der Waals surface area contributed by atoms with Crippen molar-refractivity contribution in [3.63, 3.8) is 0 Å². The average molecular weight is 314 g/mol. The smallest absolute Gasteiger partial charge is 0.142 e. The Labute approximate surface area is 138 Å². The van der Waals surface area contributed by atoms with Crippen molar-refractivity contribution in [2.75, 3.05) is 25.4 Å². The lowest BCUT2D eigenvalue weighted by molar-refractivity contribution is 0.342. The summed E-state index contributed by atoms with van der Waals surface area (Å²) in [4.78, 5) is 0. The Bertz CT molecular complexity index is 597. The second kappa shape index (κ2) is 9.06. The van der Waals surface area contributed by atoms with Crippen molar-refractivity contribution in [2.24, 2.45) is 0 Å². The van der Waals surface area contributed by atoms with Crippen molar-refractivity contribution in [2.45, 2.75) is 26.2 Å². The first-order valence-corrected chi connectivity index (χ1v) is 8.19. The van der Waals surface area contributed by atoms with Gasteiger partial charge in [-0.25, -0.2) is 0 Å². The average Bonchev–Trinajstić information content (AvgIpc) is 2.55. The summed E-state index contributed by atoms with van der Waals surface area (Å²) in [6.45, 7) is 4.51. The highest BCUT2D eigenvalue weighted by Gasteiger charge is 2.01. The summed E-state index contributed by atoms with van der Waals surface area (Å²) in [6, 6.07) is 13.4. The van der Waals surface area contributed by atoms with Crippen LogP contribution in [0.25, 0.3) is 0 Å². The number of ether oxygens (including phenoxy) is 1. The maximum absolute atomic E-state index is 9.24. The van der Waals surface area contributed by atoms with E-state index in [4.69, 9.17) is 10.5 Å². The fourth-order valence-corrected chi connectivity index (χ4v) is 2.48. The molecule has 0 amide bonds. The molecule has 2 aromatic carbocycles. The van der Waals surface area contributed by atoms with Gasteiger partial charge in [-0.05, 0) is 74.7 Å². The van der Waals surface area contributed by atoms with Crippen LogP contribution in [0.15, 0.2) is 42.5 Å². The van der Waals surface area contributed by atoms with Gasteiger partial charge >= 0.3 is 0 Å². The van der Waals surface area contributed by atoms with Crippen LogP contribution in [0.2, 0.25) is 0 Å². The van der Waals surface area contributed by atoms with Crippen LogP contribution in [-0.2, 0) is 12.8 Å². The zero-order valence-corrected chi connectivity index (χ0v) is 13.7. The minimum Gasteiger partial charge on any atom is -0.508 e. The SMILES string of the molecule is CCOc1ccc(CCCNCCc2ccc(O)cc2)cc1N. The van der Waals surface area contributed by atoms with Crippen LogP contribution in [0.1, 0.15) is 24.5 Å². The number of benzene rings is 2. The maximum atomic E-state index is 9.24. The highest BCUT2D eigenvalue weighted by Crippen LogP contribution is 2.23. The Morgan fingerprint density at radius 2 is 1.74 bits per heavy atom. The zero-order chi connectivity index (χ0) is 16.5. The Kier molecular flexibility index (Phi) is 6.76. The summed E-state index contributed by atoms with van der Waals surface area (Å²) in [6.07, 6.45) is 3.04. The fourth-order valence-electron chi connectivity index (χ4n) is 2.48. The van der Waals surface area contributed by atoms with Gasteiger partial charge in [0, 0.05) is 0 Å². The Balaban J connectivity index is 1.63. The Hall–Kier alpha value is -2.20. The van der Waals surface area contributed by atoms with Gasteiger partial charge in [-0.1, -0.05) is 18.2 Å². The summed E-state index contributed by atoms with van der Waals surface area (Å²) in [5, 5.41) is 12.7. The molecule has 0 spiro atoms. The number of aryl methyl sites for hydroxylation is 1. The molecule has 0 heterocycles. The van der Waals surface area contributed by atoms with Gasteiger partial charge in [0.1, 0.15) is 11.5 Å². The number of hydrogen-bond acceptors (Lipinski definition) is 4. The summed E-state index contributed by atoms with van der Waals surface area (Å²) in [5.41, 5.74) is 9.16. The molecule has 0 unspecified atom stereocenters. The highest BCUT2D eigenvalue weighted by molar-refractivity contribution is 5.54. The quantitative estimate of drug-likeness (QED) is 0.491. The van der Waals surface area contributed by atoms with Crippen molar-refractivity contribution in [3.05, 3.63) is 53.6 Å². The molecule has 2 aromatic rings. The molecule has 0 aromatic heterocycles. The summed E-state index contributed by atoms with van der Waals surface area (Å²) in [7, 11) is 0.